The van der Waals surface area contributed by atoms with Crippen LogP contribution in [0.4, 0.5) is 5.69 Å². The Labute approximate surface area is 126 Å². The fraction of sp³-hybridized carbons (Fsp3) is 0.214. The van der Waals surface area contributed by atoms with Gasteiger partial charge in [0.1, 0.15) is 16.5 Å². The van der Waals surface area contributed by atoms with E-state index in [-0.39, 0.29) is 5.02 Å². The molecule has 6 nitrogen and oxygen atoms in total. The standard InChI is InChI=1S/C14H15ClN4O2/c1-2-7-21-12-6-4-3-5-10(12)8-16-18-11-9-17-19-14(20)13(11)15/h3-6,8-9H,2,7H2,1H3,(H2,18,19,20)/b16-8-. The van der Waals surface area contributed by atoms with E-state index in [9.17, 15) is 4.79 Å². The highest BCUT2D eigenvalue weighted by Crippen LogP contribution is 2.17. The number of aromatic nitrogens is 2. The third-order valence-corrected chi connectivity index (χ3v) is 2.94. The normalized spacial score (nSPS) is 10.8. The zero-order valence-corrected chi connectivity index (χ0v) is 12.2. The predicted octanol–water partition coefficient (Wildman–Crippen LogP) is 2.66. The van der Waals surface area contributed by atoms with E-state index >= 15 is 0 Å². The predicted molar refractivity (Wildman–Crippen MR) is 83.3 cm³/mol. The van der Waals surface area contributed by atoms with Crippen molar-refractivity contribution in [2.24, 2.45) is 5.10 Å². The molecule has 0 bridgehead atoms. The van der Waals surface area contributed by atoms with Crippen LogP contribution in [-0.4, -0.2) is 23.0 Å². The first-order chi connectivity index (χ1) is 10.2. The Balaban J connectivity index is 2.11. The Kier molecular flexibility index (Phi) is 5.34. The number of anilines is 1. The van der Waals surface area contributed by atoms with Crippen LogP contribution in [-0.2, 0) is 0 Å². The maximum absolute atomic E-state index is 11.3. The number of benzene rings is 1. The second-order valence-electron chi connectivity index (χ2n) is 4.18. The van der Waals surface area contributed by atoms with Gasteiger partial charge in [0, 0.05) is 5.56 Å². The van der Waals surface area contributed by atoms with Crippen LogP contribution < -0.4 is 15.7 Å². The van der Waals surface area contributed by atoms with Crippen LogP contribution in [0.15, 0.2) is 40.4 Å². The zero-order valence-electron chi connectivity index (χ0n) is 11.5. The number of ether oxygens (including phenoxy) is 1. The monoisotopic (exact) mass is 306 g/mol. The van der Waals surface area contributed by atoms with Crippen LogP contribution in [0, 0.1) is 0 Å². The molecule has 1 aromatic carbocycles. The number of aromatic amines is 1. The van der Waals surface area contributed by atoms with Crippen molar-refractivity contribution in [2.45, 2.75) is 13.3 Å². The van der Waals surface area contributed by atoms with Gasteiger partial charge < -0.3 is 4.74 Å². The van der Waals surface area contributed by atoms with Gasteiger partial charge in [0.25, 0.3) is 5.56 Å². The molecular formula is C14H15ClN4O2. The lowest BCUT2D eigenvalue weighted by atomic mass is 10.2. The van der Waals surface area contributed by atoms with E-state index in [2.05, 4.69) is 20.7 Å². The highest BCUT2D eigenvalue weighted by Gasteiger charge is 2.03. The van der Waals surface area contributed by atoms with Gasteiger partial charge in [0.15, 0.2) is 0 Å². The molecule has 0 radical (unpaired) electrons. The number of nitrogens with one attached hydrogen (secondary N) is 2. The largest absolute Gasteiger partial charge is 0.493 e. The smallest absolute Gasteiger partial charge is 0.285 e. The Hall–Kier alpha value is -2.34. The van der Waals surface area contributed by atoms with Gasteiger partial charge in [-0.15, -0.1) is 0 Å². The van der Waals surface area contributed by atoms with Crippen molar-refractivity contribution in [2.75, 3.05) is 12.0 Å². The number of hydrogen-bond acceptors (Lipinski definition) is 5. The molecule has 0 saturated carbocycles. The van der Waals surface area contributed by atoms with E-state index in [0.29, 0.717) is 12.3 Å². The first-order valence-electron chi connectivity index (χ1n) is 6.46. The summed E-state index contributed by atoms with van der Waals surface area (Å²) >= 11 is 5.83. The van der Waals surface area contributed by atoms with Crippen LogP contribution >= 0.6 is 11.6 Å². The summed E-state index contributed by atoms with van der Waals surface area (Å²) in [5.41, 5.74) is 3.38. The second kappa shape index (κ2) is 7.44. The van der Waals surface area contributed by atoms with Crippen molar-refractivity contribution in [1.29, 1.82) is 0 Å². The number of hydrazone groups is 1. The molecule has 21 heavy (non-hydrogen) atoms. The molecule has 0 spiro atoms. The Bertz CT molecular complexity index is 685. The third kappa shape index (κ3) is 4.06. The minimum Gasteiger partial charge on any atom is -0.493 e. The summed E-state index contributed by atoms with van der Waals surface area (Å²) in [5.74, 6) is 0.750. The number of hydrogen-bond donors (Lipinski definition) is 2. The van der Waals surface area contributed by atoms with E-state index in [1.807, 2.05) is 31.2 Å². The van der Waals surface area contributed by atoms with Crippen molar-refractivity contribution in [1.82, 2.24) is 10.2 Å². The molecule has 1 heterocycles. The van der Waals surface area contributed by atoms with E-state index in [1.165, 1.54) is 6.20 Å². The molecule has 0 atom stereocenters. The van der Waals surface area contributed by atoms with Crippen LogP contribution in [0.25, 0.3) is 0 Å². The topological polar surface area (TPSA) is 79.4 Å². The van der Waals surface area contributed by atoms with Crippen molar-refractivity contribution in [3.63, 3.8) is 0 Å². The first-order valence-corrected chi connectivity index (χ1v) is 6.84. The van der Waals surface area contributed by atoms with Gasteiger partial charge >= 0.3 is 0 Å². The second-order valence-corrected chi connectivity index (χ2v) is 4.56. The van der Waals surface area contributed by atoms with E-state index in [4.69, 9.17) is 16.3 Å². The van der Waals surface area contributed by atoms with Crippen molar-refractivity contribution in [3.8, 4) is 5.75 Å². The molecule has 110 valence electrons. The summed E-state index contributed by atoms with van der Waals surface area (Å²) in [5, 5.41) is 9.94. The molecule has 2 rings (SSSR count). The van der Waals surface area contributed by atoms with Gasteiger partial charge in [0.2, 0.25) is 0 Å². The molecule has 2 N–H and O–H groups in total. The highest BCUT2D eigenvalue weighted by molar-refractivity contribution is 6.32. The summed E-state index contributed by atoms with van der Waals surface area (Å²) in [6, 6.07) is 7.54. The zero-order chi connectivity index (χ0) is 15.1. The fourth-order valence-electron chi connectivity index (χ4n) is 1.56. The molecule has 7 heteroatoms. The SMILES string of the molecule is CCCOc1ccccc1/C=N\Nc1cn[nH]c(=O)c1Cl. The van der Waals surface area contributed by atoms with Crippen LogP contribution in [0.1, 0.15) is 18.9 Å². The van der Waals surface area contributed by atoms with Crippen molar-refractivity contribution < 1.29 is 4.74 Å². The Morgan fingerprint density at radius 2 is 2.29 bits per heavy atom. The number of para-hydroxylation sites is 1. The lowest BCUT2D eigenvalue weighted by Gasteiger charge is -2.07. The molecule has 0 amide bonds. The number of rotatable bonds is 6. The van der Waals surface area contributed by atoms with Gasteiger partial charge in [-0.2, -0.15) is 10.2 Å². The average molecular weight is 307 g/mol. The van der Waals surface area contributed by atoms with Crippen LogP contribution in [0.3, 0.4) is 0 Å². The molecule has 0 aliphatic carbocycles. The molecule has 0 aliphatic rings. The van der Waals surface area contributed by atoms with Gasteiger partial charge in [0.05, 0.1) is 19.0 Å². The summed E-state index contributed by atoms with van der Waals surface area (Å²) in [7, 11) is 0. The molecule has 2 aromatic rings. The van der Waals surface area contributed by atoms with Crippen molar-refractivity contribution >= 4 is 23.5 Å². The van der Waals surface area contributed by atoms with Crippen molar-refractivity contribution in [3.05, 3.63) is 51.4 Å². The Morgan fingerprint density at radius 3 is 3.10 bits per heavy atom. The molecule has 0 unspecified atom stereocenters. The number of nitrogens with zero attached hydrogens (tertiary/aromatic N) is 2. The molecular weight excluding hydrogens is 292 g/mol. The number of halogens is 1. The quantitative estimate of drug-likeness (QED) is 0.635. The van der Waals surface area contributed by atoms with Gasteiger partial charge in [-0.25, -0.2) is 5.10 Å². The maximum Gasteiger partial charge on any atom is 0.285 e. The van der Waals surface area contributed by atoms with Crippen LogP contribution in [0.5, 0.6) is 5.75 Å². The summed E-state index contributed by atoms with van der Waals surface area (Å²) in [6.07, 6.45) is 3.92. The summed E-state index contributed by atoms with van der Waals surface area (Å²) in [4.78, 5) is 11.3. The third-order valence-electron chi connectivity index (χ3n) is 2.56. The minimum absolute atomic E-state index is 0.0117. The fourth-order valence-corrected chi connectivity index (χ4v) is 1.70. The summed E-state index contributed by atoms with van der Waals surface area (Å²) < 4.78 is 5.62. The molecule has 1 aromatic heterocycles. The lowest BCUT2D eigenvalue weighted by molar-refractivity contribution is 0.317. The average Bonchev–Trinajstić information content (AvgIpc) is 2.50. The number of H-pyrrole nitrogens is 1. The Morgan fingerprint density at radius 1 is 1.48 bits per heavy atom. The minimum atomic E-state index is -0.469. The maximum atomic E-state index is 11.3. The van der Waals surface area contributed by atoms with Crippen LogP contribution in [0.2, 0.25) is 5.02 Å². The van der Waals surface area contributed by atoms with Gasteiger partial charge in [-0.3, -0.25) is 10.2 Å². The lowest BCUT2D eigenvalue weighted by Crippen LogP contribution is -2.10. The molecule has 0 saturated heterocycles. The molecule has 0 aliphatic heterocycles. The highest BCUT2D eigenvalue weighted by atomic mass is 35.5. The van der Waals surface area contributed by atoms with E-state index < -0.39 is 5.56 Å². The van der Waals surface area contributed by atoms with Gasteiger partial charge in [-0.1, -0.05) is 30.7 Å². The first kappa shape index (κ1) is 15.1. The van der Waals surface area contributed by atoms with Gasteiger partial charge in [-0.05, 0) is 18.6 Å². The van der Waals surface area contributed by atoms with E-state index in [1.54, 1.807) is 6.21 Å². The van der Waals surface area contributed by atoms with E-state index in [0.717, 1.165) is 17.7 Å². The summed E-state index contributed by atoms with van der Waals surface area (Å²) in [6.45, 7) is 2.68. The molecule has 0 fully saturated rings.